The van der Waals surface area contributed by atoms with Crippen molar-refractivity contribution >= 4 is 5.70 Å². The highest BCUT2D eigenvalue weighted by Gasteiger charge is 2.19. The van der Waals surface area contributed by atoms with Gasteiger partial charge in [0.25, 0.3) is 0 Å². The van der Waals surface area contributed by atoms with Crippen LogP contribution in [0, 0.1) is 0 Å². The van der Waals surface area contributed by atoms with Crippen LogP contribution in [0.25, 0.3) is 5.70 Å². The van der Waals surface area contributed by atoms with Crippen LogP contribution in [0.1, 0.15) is 27.2 Å². The molecule has 2 nitrogen and oxygen atoms in total. The molecule has 1 heterocycles. The van der Waals surface area contributed by atoms with Gasteiger partial charge in [-0.3, -0.25) is 4.90 Å². The van der Waals surface area contributed by atoms with Crippen molar-refractivity contribution < 1.29 is 0 Å². The Morgan fingerprint density at radius 2 is 1.88 bits per heavy atom. The SMILES string of the molecule is CN(CC1=CC(n2cccc2)=CC1)C(C)(C)C. The summed E-state index contributed by atoms with van der Waals surface area (Å²) in [5, 5.41) is 0. The summed E-state index contributed by atoms with van der Waals surface area (Å²) in [6, 6.07) is 4.13. The van der Waals surface area contributed by atoms with Crippen molar-refractivity contribution in [1.29, 1.82) is 0 Å². The van der Waals surface area contributed by atoms with E-state index in [9.17, 15) is 0 Å². The number of rotatable bonds is 3. The van der Waals surface area contributed by atoms with Gasteiger partial charge in [-0.2, -0.15) is 0 Å². The fourth-order valence-corrected chi connectivity index (χ4v) is 1.90. The Hall–Kier alpha value is -1.28. The average Bonchev–Trinajstić information content (AvgIpc) is 2.83. The molecule has 2 rings (SSSR count). The van der Waals surface area contributed by atoms with E-state index in [0.29, 0.717) is 0 Å². The fourth-order valence-electron chi connectivity index (χ4n) is 1.90. The Labute approximate surface area is 104 Å². The first-order valence-corrected chi connectivity index (χ1v) is 6.21. The van der Waals surface area contributed by atoms with Crippen LogP contribution in [0.5, 0.6) is 0 Å². The van der Waals surface area contributed by atoms with Crippen molar-refractivity contribution in [3.05, 3.63) is 42.3 Å². The van der Waals surface area contributed by atoms with Crippen molar-refractivity contribution in [1.82, 2.24) is 9.47 Å². The lowest BCUT2D eigenvalue weighted by molar-refractivity contribution is 0.190. The van der Waals surface area contributed by atoms with E-state index in [-0.39, 0.29) is 5.54 Å². The molecule has 17 heavy (non-hydrogen) atoms. The van der Waals surface area contributed by atoms with Crippen LogP contribution in [-0.2, 0) is 0 Å². The van der Waals surface area contributed by atoms with Crippen LogP contribution < -0.4 is 0 Å². The molecule has 0 aliphatic heterocycles. The first-order valence-electron chi connectivity index (χ1n) is 6.21. The Balaban J connectivity index is 2.01. The lowest BCUT2D eigenvalue weighted by Gasteiger charge is -2.32. The fraction of sp³-hybridized carbons (Fsp3) is 0.467. The molecule has 0 atom stereocenters. The molecule has 0 saturated heterocycles. The van der Waals surface area contributed by atoms with E-state index in [1.165, 1.54) is 11.3 Å². The second kappa shape index (κ2) is 4.53. The molecular formula is C15H22N2. The zero-order valence-corrected chi connectivity index (χ0v) is 11.3. The van der Waals surface area contributed by atoms with Gasteiger partial charge in [0.05, 0.1) is 0 Å². The number of aromatic nitrogens is 1. The molecule has 0 N–H and O–H groups in total. The summed E-state index contributed by atoms with van der Waals surface area (Å²) in [6.07, 6.45) is 9.87. The van der Waals surface area contributed by atoms with Crippen molar-refractivity contribution in [2.45, 2.75) is 32.7 Å². The van der Waals surface area contributed by atoms with Gasteiger partial charge >= 0.3 is 0 Å². The molecule has 0 saturated carbocycles. The maximum atomic E-state index is 2.39. The van der Waals surface area contributed by atoms with E-state index in [0.717, 1.165) is 13.0 Å². The van der Waals surface area contributed by atoms with Gasteiger partial charge in [0.2, 0.25) is 0 Å². The van der Waals surface area contributed by atoms with E-state index >= 15 is 0 Å². The zero-order valence-electron chi connectivity index (χ0n) is 11.3. The summed E-state index contributed by atoms with van der Waals surface area (Å²) in [5.74, 6) is 0. The Kier molecular flexibility index (Phi) is 3.25. The predicted molar refractivity (Wildman–Crippen MR) is 73.8 cm³/mol. The molecule has 0 bridgehead atoms. The van der Waals surface area contributed by atoms with Gasteiger partial charge in [0.1, 0.15) is 0 Å². The van der Waals surface area contributed by atoms with Crippen LogP contribution >= 0.6 is 0 Å². The normalized spacial score (nSPS) is 16.3. The second-order valence-electron chi connectivity index (χ2n) is 5.75. The van der Waals surface area contributed by atoms with Crippen LogP contribution in [0.3, 0.4) is 0 Å². The van der Waals surface area contributed by atoms with E-state index < -0.39 is 0 Å². The van der Waals surface area contributed by atoms with Gasteiger partial charge in [-0.25, -0.2) is 0 Å². The van der Waals surface area contributed by atoms with Gasteiger partial charge in [-0.1, -0.05) is 11.6 Å². The lowest BCUT2D eigenvalue weighted by Crippen LogP contribution is -2.39. The standard InChI is InChI=1S/C15H22N2/c1-15(2,3)16(4)12-13-7-8-14(11-13)17-9-5-6-10-17/h5-6,8-11H,7,12H2,1-4H3. The van der Waals surface area contributed by atoms with Crippen LogP contribution in [0.2, 0.25) is 0 Å². The molecular weight excluding hydrogens is 208 g/mol. The molecule has 0 unspecified atom stereocenters. The molecule has 0 spiro atoms. The van der Waals surface area contributed by atoms with Crippen molar-refractivity contribution in [2.24, 2.45) is 0 Å². The van der Waals surface area contributed by atoms with Gasteiger partial charge in [0.15, 0.2) is 0 Å². The number of likely N-dealkylation sites (N-methyl/N-ethyl adjacent to an activating group) is 1. The zero-order chi connectivity index (χ0) is 12.5. The number of nitrogens with zero attached hydrogens (tertiary/aromatic N) is 2. The highest BCUT2D eigenvalue weighted by Crippen LogP contribution is 2.23. The second-order valence-corrected chi connectivity index (χ2v) is 5.75. The van der Waals surface area contributed by atoms with Gasteiger partial charge < -0.3 is 4.57 Å². The van der Waals surface area contributed by atoms with Gasteiger partial charge in [-0.05, 0) is 52.4 Å². The molecule has 0 fully saturated rings. The highest BCUT2D eigenvalue weighted by atomic mass is 15.2. The largest absolute Gasteiger partial charge is 0.324 e. The number of allylic oxidation sites excluding steroid dienone is 3. The molecule has 1 aromatic rings. The monoisotopic (exact) mass is 230 g/mol. The number of hydrogen-bond donors (Lipinski definition) is 0. The third-order valence-corrected chi connectivity index (χ3v) is 3.41. The van der Waals surface area contributed by atoms with Gasteiger partial charge in [-0.15, -0.1) is 0 Å². The highest BCUT2D eigenvalue weighted by molar-refractivity contribution is 5.63. The van der Waals surface area contributed by atoms with Crippen LogP contribution in [0.4, 0.5) is 0 Å². The summed E-state index contributed by atoms with van der Waals surface area (Å²) in [7, 11) is 2.19. The summed E-state index contributed by atoms with van der Waals surface area (Å²) >= 11 is 0. The van der Waals surface area contributed by atoms with Crippen molar-refractivity contribution in [2.75, 3.05) is 13.6 Å². The maximum absolute atomic E-state index is 2.39. The predicted octanol–water partition coefficient (Wildman–Crippen LogP) is 3.39. The minimum atomic E-state index is 0.233. The number of hydrogen-bond acceptors (Lipinski definition) is 1. The van der Waals surface area contributed by atoms with Crippen molar-refractivity contribution in [3.8, 4) is 0 Å². The topological polar surface area (TPSA) is 8.17 Å². The van der Waals surface area contributed by atoms with Crippen LogP contribution in [-0.4, -0.2) is 28.6 Å². The first-order chi connectivity index (χ1) is 7.97. The summed E-state index contributed by atoms with van der Waals surface area (Å²) in [6.45, 7) is 7.80. The summed E-state index contributed by atoms with van der Waals surface area (Å²) in [4.78, 5) is 2.39. The quantitative estimate of drug-likeness (QED) is 0.772. The molecule has 0 aromatic carbocycles. The molecule has 2 heteroatoms. The summed E-state index contributed by atoms with van der Waals surface area (Å²) in [5.41, 5.74) is 3.02. The Morgan fingerprint density at radius 1 is 1.24 bits per heavy atom. The average molecular weight is 230 g/mol. The minimum Gasteiger partial charge on any atom is -0.324 e. The third kappa shape index (κ3) is 2.89. The van der Waals surface area contributed by atoms with E-state index in [1.807, 2.05) is 0 Å². The lowest BCUT2D eigenvalue weighted by atomic mass is 10.1. The third-order valence-electron chi connectivity index (χ3n) is 3.41. The van der Waals surface area contributed by atoms with E-state index in [2.05, 4.69) is 74.0 Å². The molecule has 1 aliphatic rings. The maximum Gasteiger partial charge on any atom is 0.0412 e. The smallest absolute Gasteiger partial charge is 0.0412 e. The van der Waals surface area contributed by atoms with E-state index in [4.69, 9.17) is 0 Å². The molecule has 92 valence electrons. The molecule has 0 radical (unpaired) electrons. The molecule has 0 amide bonds. The van der Waals surface area contributed by atoms with E-state index in [1.54, 1.807) is 0 Å². The van der Waals surface area contributed by atoms with Crippen LogP contribution in [0.15, 0.2) is 42.3 Å². The minimum absolute atomic E-state index is 0.233. The molecule has 1 aromatic heterocycles. The Bertz CT molecular complexity index is 430. The summed E-state index contributed by atoms with van der Waals surface area (Å²) < 4.78 is 2.17. The van der Waals surface area contributed by atoms with Crippen molar-refractivity contribution in [3.63, 3.8) is 0 Å². The Morgan fingerprint density at radius 3 is 2.47 bits per heavy atom. The first kappa shape index (κ1) is 12.2. The van der Waals surface area contributed by atoms with Gasteiger partial charge in [0, 0.05) is 30.2 Å². The molecule has 1 aliphatic carbocycles.